The molecule has 1 fully saturated rings. The molecular formula is C27H37FN4O5S. The molecule has 0 radical (unpaired) electrons. The van der Waals surface area contributed by atoms with E-state index in [1.165, 1.54) is 48.5 Å². The summed E-state index contributed by atoms with van der Waals surface area (Å²) in [7, 11) is -3.88. The third-order valence-electron chi connectivity index (χ3n) is 6.69. The molecule has 1 heterocycles. The minimum absolute atomic E-state index is 0.0131. The Balaban J connectivity index is 1.72. The summed E-state index contributed by atoms with van der Waals surface area (Å²) in [5, 5.41) is 14.9. The van der Waals surface area contributed by atoms with Crippen LogP contribution in [0.3, 0.4) is 0 Å². The van der Waals surface area contributed by atoms with Gasteiger partial charge in [-0.1, -0.05) is 6.92 Å². The van der Waals surface area contributed by atoms with E-state index >= 15 is 0 Å². The second-order valence-electron chi connectivity index (χ2n) is 10.3. The van der Waals surface area contributed by atoms with Crippen LogP contribution in [0.15, 0.2) is 53.4 Å². The van der Waals surface area contributed by atoms with E-state index in [-0.39, 0.29) is 23.0 Å². The molecule has 4 N–H and O–H groups in total. The van der Waals surface area contributed by atoms with Crippen LogP contribution in [-0.2, 0) is 14.8 Å². The van der Waals surface area contributed by atoms with Gasteiger partial charge in [0.05, 0.1) is 17.0 Å². The number of carbonyl (C=O) groups is 2. The van der Waals surface area contributed by atoms with Gasteiger partial charge in [0.15, 0.2) is 0 Å². The fraction of sp³-hybridized carbons (Fsp3) is 0.481. The lowest BCUT2D eigenvalue weighted by Gasteiger charge is -2.32. The van der Waals surface area contributed by atoms with Crippen molar-refractivity contribution in [2.24, 2.45) is 5.92 Å². The molecule has 208 valence electrons. The van der Waals surface area contributed by atoms with E-state index in [1.807, 2.05) is 0 Å². The van der Waals surface area contributed by atoms with E-state index < -0.39 is 39.2 Å². The highest BCUT2D eigenvalue weighted by molar-refractivity contribution is 7.89. The highest BCUT2D eigenvalue weighted by Gasteiger charge is 2.29. The summed E-state index contributed by atoms with van der Waals surface area (Å²) in [5.41, 5.74) is -0.412. The number of nitrogens with one attached hydrogen (secondary N) is 3. The fourth-order valence-electron chi connectivity index (χ4n) is 4.35. The first-order valence-corrected chi connectivity index (χ1v) is 14.3. The molecule has 2 aromatic carbocycles. The van der Waals surface area contributed by atoms with Crippen LogP contribution in [0, 0.1) is 11.7 Å². The van der Waals surface area contributed by atoms with Crippen molar-refractivity contribution in [3.05, 3.63) is 59.9 Å². The van der Waals surface area contributed by atoms with Gasteiger partial charge in [0, 0.05) is 11.3 Å². The summed E-state index contributed by atoms with van der Waals surface area (Å²) in [6, 6.07) is 9.94. The summed E-state index contributed by atoms with van der Waals surface area (Å²) in [6.45, 7) is 7.69. The number of likely N-dealkylation sites (tertiary alicyclic amines) is 1. The van der Waals surface area contributed by atoms with Gasteiger partial charge in [-0.3, -0.25) is 9.59 Å². The number of carbonyl (C=O) groups excluding carboxylic acids is 2. The molecule has 9 nitrogen and oxygen atoms in total. The summed E-state index contributed by atoms with van der Waals surface area (Å²) in [6.07, 6.45) is 2.27. The molecule has 1 aliphatic rings. The zero-order valence-corrected chi connectivity index (χ0v) is 22.9. The lowest BCUT2D eigenvalue weighted by Crippen LogP contribution is -2.46. The lowest BCUT2D eigenvalue weighted by molar-refractivity contribution is -0.118. The smallest absolute Gasteiger partial charge is 0.251 e. The van der Waals surface area contributed by atoms with Crippen molar-refractivity contribution in [1.82, 2.24) is 14.9 Å². The second-order valence-corrected chi connectivity index (χ2v) is 12.0. The van der Waals surface area contributed by atoms with E-state index in [9.17, 15) is 27.5 Å². The molecular weight excluding hydrogens is 511 g/mol. The molecule has 0 spiro atoms. The van der Waals surface area contributed by atoms with Crippen LogP contribution in [0.5, 0.6) is 0 Å². The zero-order valence-electron chi connectivity index (χ0n) is 22.0. The quantitative estimate of drug-likeness (QED) is 0.342. The van der Waals surface area contributed by atoms with E-state index in [0.29, 0.717) is 12.1 Å². The first-order valence-electron chi connectivity index (χ1n) is 12.8. The highest BCUT2D eigenvalue weighted by Crippen LogP contribution is 2.23. The third-order valence-corrected chi connectivity index (χ3v) is 8.40. The van der Waals surface area contributed by atoms with E-state index in [0.717, 1.165) is 32.5 Å². The number of piperidine rings is 1. The van der Waals surface area contributed by atoms with Crippen molar-refractivity contribution >= 4 is 27.5 Å². The Hall–Kier alpha value is -2.86. The molecule has 38 heavy (non-hydrogen) atoms. The van der Waals surface area contributed by atoms with Crippen LogP contribution in [0.1, 0.15) is 50.4 Å². The Morgan fingerprint density at radius 1 is 1.08 bits per heavy atom. The molecule has 0 aromatic heterocycles. The number of rotatable bonds is 11. The lowest BCUT2D eigenvalue weighted by atomic mass is 9.89. The second kappa shape index (κ2) is 12.8. The number of benzene rings is 2. The van der Waals surface area contributed by atoms with Gasteiger partial charge in [0.1, 0.15) is 11.9 Å². The molecule has 1 saturated heterocycles. The largest absolute Gasteiger partial charge is 0.394 e. The molecule has 11 heteroatoms. The first-order chi connectivity index (χ1) is 17.9. The van der Waals surface area contributed by atoms with Gasteiger partial charge in [0.2, 0.25) is 15.9 Å². The average molecular weight is 549 g/mol. The van der Waals surface area contributed by atoms with E-state index in [1.54, 1.807) is 13.8 Å². The van der Waals surface area contributed by atoms with Crippen LogP contribution >= 0.6 is 0 Å². The van der Waals surface area contributed by atoms with Crippen molar-refractivity contribution in [3.63, 3.8) is 0 Å². The summed E-state index contributed by atoms with van der Waals surface area (Å²) >= 11 is 0. The van der Waals surface area contributed by atoms with Crippen molar-refractivity contribution in [2.75, 3.05) is 31.6 Å². The molecule has 0 aliphatic carbocycles. The Morgan fingerprint density at radius 2 is 1.68 bits per heavy atom. The number of hydrogen-bond acceptors (Lipinski definition) is 6. The minimum Gasteiger partial charge on any atom is -0.394 e. The zero-order chi connectivity index (χ0) is 27.9. The number of anilines is 1. The van der Waals surface area contributed by atoms with Gasteiger partial charge in [-0.25, -0.2) is 17.5 Å². The number of hydrogen-bond donors (Lipinski definition) is 4. The summed E-state index contributed by atoms with van der Waals surface area (Å²) in [5.74, 6) is -1.11. The van der Waals surface area contributed by atoms with Crippen molar-refractivity contribution in [2.45, 2.75) is 56.5 Å². The number of aliphatic hydroxyl groups is 1. The molecule has 2 amide bonds. The van der Waals surface area contributed by atoms with Crippen LogP contribution in [0.25, 0.3) is 0 Å². The predicted octanol–water partition coefficient (Wildman–Crippen LogP) is 2.73. The van der Waals surface area contributed by atoms with E-state index in [2.05, 4.69) is 27.2 Å². The number of nitrogens with zero attached hydrogens (tertiary/aromatic N) is 1. The topological polar surface area (TPSA) is 128 Å². The maximum atomic E-state index is 13.3. The Labute approximate surface area is 223 Å². The SMILES string of the molecule is CCN1CCC(C[C@H](NC(=O)c2ccc(F)cc2)C(=O)Nc2ccc(S(=O)(=O)NC(C)(C)CO)cc2)CC1. The molecule has 0 bridgehead atoms. The molecule has 1 aliphatic heterocycles. The molecule has 0 saturated carbocycles. The van der Waals surface area contributed by atoms with Crippen LogP contribution in [0.4, 0.5) is 10.1 Å². The number of aliphatic hydroxyl groups excluding tert-OH is 1. The van der Waals surface area contributed by atoms with Gasteiger partial charge in [0.25, 0.3) is 5.91 Å². The van der Waals surface area contributed by atoms with Gasteiger partial charge in [-0.2, -0.15) is 0 Å². The Kier molecular flexibility index (Phi) is 10.00. The summed E-state index contributed by atoms with van der Waals surface area (Å²) < 4.78 is 40.9. The minimum atomic E-state index is -3.88. The maximum absolute atomic E-state index is 13.3. The number of halogens is 1. The Morgan fingerprint density at radius 3 is 2.24 bits per heavy atom. The molecule has 0 unspecified atom stereocenters. The fourth-order valence-corrected chi connectivity index (χ4v) is 5.75. The predicted molar refractivity (Wildman–Crippen MR) is 144 cm³/mol. The van der Waals surface area contributed by atoms with Gasteiger partial charge >= 0.3 is 0 Å². The van der Waals surface area contributed by atoms with Crippen molar-refractivity contribution in [1.29, 1.82) is 0 Å². The standard InChI is InChI=1S/C27H37FN4O5S/c1-4-32-15-13-19(14-16-32)17-24(30-25(34)20-5-7-21(28)8-6-20)26(35)29-22-9-11-23(12-10-22)38(36,37)31-27(2,3)18-33/h5-12,19,24,31,33H,4,13-18H2,1-3H3,(H,29,35)(H,30,34)/t24-/m0/s1. The van der Waals surface area contributed by atoms with Gasteiger partial charge < -0.3 is 20.6 Å². The normalized spacial score (nSPS) is 16.1. The summed E-state index contributed by atoms with van der Waals surface area (Å²) in [4.78, 5) is 28.5. The van der Waals surface area contributed by atoms with Crippen LogP contribution in [0.2, 0.25) is 0 Å². The number of amides is 2. The van der Waals surface area contributed by atoms with Crippen molar-refractivity contribution < 1.29 is 27.5 Å². The molecule has 2 aromatic rings. The van der Waals surface area contributed by atoms with Gasteiger partial charge in [-0.05, 0) is 107 Å². The number of sulfonamides is 1. The van der Waals surface area contributed by atoms with Crippen LogP contribution in [-0.4, -0.2) is 68.1 Å². The van der Waals surface area contributed by atoms with Gasteiger partial charge in [-0.15, -0.1) is 0 Å². The monoisotopic (exact) mass is 548 g/mol. The average Bonchev–Trinajstić information content (AvgIpc) is 2.88. The highest BCUT2D eigenvalue weighted by atomic mass is 32.2. The molecule has 1 atom stereocenters. The van der Waals surface area contributed by atoms with Crippen LogP contribution < -0.4 is 15.4 Å². The van der Waals surface area contributed by atoms with E-state index in [4.69, 9.17) is 0 Å². The molecule has 3 rings (SSSR count). The maximum Gasteiger partial charge on any atom is 0.251 e. The van der Waals surface area contributed by atoms with Crippen molar-refractivity contribution in [3.8, 4) is 0 Å². The Bertz CT molecular complexity index is 1190. The first kappa shape index (κ1) is 29.7. The third kappa shape index (κ3) is 8.32.